The smallest absolute Gasteiger partial charge is 0.138 e. The molecule has 10 rings (SSSR count). The van der Waals surface area contributed by atoms with E-state index in [-0.39, 0.29) is 0 Å². The zero-order valence-electron chi connectivity index (χ0n) is 34.1. The maximum absolute atomic E-state index is 6.38. The number of aromatic amines is 2. The number of hydrogen-bond acceptors (Lipinski definition) is 3. The Hall–Kier alpha value is -8.90. The van der Waals surface area contributed by atoms with Gasteiger partial charge in [0, 0.05) is 55.6 Å². The number of rotatable bonds is 8. The van der Waals surface area contributed by atoms with Crippen molar-refractivity contribution < 1.29 is 4.74 Å². The largest absolute Gasteiger partial charge is 0.457 e. The van der Waals surface area contributed by atoms with E-state index in [0.29, 0.717) is 0 Å². The van der Waals surface area contributed by atoms with Crippen LogP contribution in [-0.4, -0.2) is 19.9 Å². The summed E-state index contributed by atoms with van der Waals surface area (Å²) in [5.41, 5.74) is 13.5. The molecule has 5 nitrogen and oxygen atoms in total. The molecule has 2 N–H and O–H groups in total. The topological polar surface area (TPSA) is 66.6 Å². The van der Waals surface area contributed by atoms with Gasteiger partial charge in [-0.25, -0.2) is 9.97 Å². The number of nitrogens with zero attached hydrogens (tertiary/aromatic N) is 2. The molecule has 0 radical (unpaired) electrons. The molecular weight excluding hydrogens is 769 g/mol. The van der Waals surface area contributed by atoms with E-state index < -0.39 is 0 Å². The van der Waals surface area contributed by atoms with Crippen molar-refractivity contribution in [1.29, 1.82) is 0 Å². The molecule has 0 bridgehead atoms. The molecule has 0 saturated carbocycles. The van der Waals surface area contributed by atoms with E-state index >= 15 is 0 Å². The first-order chi connectivity index (χ1) is 31.2. The second-order valence-corrected chi connectivity index (χ2v) is 14.9. The summed E-state index contributed by atoms with van der Waals surface area (Å²) in [6.45, 7) is 0. The van der Waals surface area contributed by atoms with Crippen LogP contribution in [0.3, 0.4) is 0 Å². The highest BCUT2D eigenvalue weighted by Crippen LogP contribution is 2.37. The summed E-state index contributed by atoms with van der Waals surface area (Å²) in [6, 6.07) is 73.1. The molecule has 2 heterocycles. The lowest BCUT2D eigenvalue weighted by Crippen LogP contribution is -1.88. The average molecular weight is 807 g/mol. The summed E-state index contributed by atoms with van der Waals surface area (Å²) in [6.07, 6.45) is 0. The molecule has 0 fully saturated rings. The third-order valence-corrected chi connectivity index (χ3v) is 10.6. The van der Waals surface area contributed by atoms with Crippen molar-refractivity contribution in [3.63, 3.8) is 0 Å². The van der Waals surface area contributed by atoms with Crippen LogP contribution in [0, 0.1) is 23.7 Å². The fraction of sp³-hybridized carbons (Fsp3) is 0. The Morgan fingerprint density at radius 1 is 0.286 bits per heavy atom. The van der Waals surface area contributed by atoms with Gasteiger partial charge in [0.15, 0.2) is 0 Å². The Morgan fingerprint density at radius 2 is 0.587 bits per heavy atom. The van der Waals surface area contributed by atoms with Gasteiger partial charge in [0.25, 0.3) is 0 Å². The first kappa shape index (κ1) is 38.3. The van der Waals surface area contributed by atoms with Crippen molar-refractivity contribution in [2.24, 2.45) is 0 Å². The van der Waals surface area contributed by atoms with Crippen molar-refractivity contribution >= 4 is 0 Å². The Balaban J connectivity index is 0.878. The molecule has 8 aromatic carbocycles. The average Bonchev–Trinajstić information content (AvgIpc) is 4.02. The summed E-state index contributed by atoms with van der Waals surface area (Å²) >= 11 is 0. The van der Waals surface area contributed by atoms with Crippen LogP contribution in [0.2, 0.25) is 0 Å². The Labute approximate surface area is 366 Å². The molecule has 5 heteroatoms. The normalized spacial score (nSPS) is 10.6. The Kier molecular flexibility index (Phi) is 10.8. The highest BCUT2D eigenvalue weighted by Gasteiger charge is 2.17. The van der Waals surface area contributed by atoms with Gasteiger partial charge in [0.05, 0.1) is 22.8 Å². The summed E-state index contributed by atoms with van der Waals surface area (Å²) < 4.78 is 6.38. The van der Waals surface area contributed by atoms with Gasteiger partial charge in [-0.2, -0.15) is 0 Å². The van der Waals surface area contributed by atoms with Gasteiger partial charge >= 0.3 is 0 Å². The maximum Gasteiger partial charge on any atom is 0.138 e. The molecule has 0 aliphatic heterocycles. The van der Waals surface area contributed by atoms with Crippen LogP contribution in [0.4, 0.5) is 0 Å². The monoisotopic (exact) mass is 806 g/mol. The van der Waals surface area contributed by atoms with Gasteiger partial charge in [-0.15, -0.1) is 0 Å². The molecule has 0 atom stereocenters. The lowest BCUT2D eigenvalue weighted by molar-refractivity contribution is 0.483. The van der Waals surface area contributed by atoms with E-state index in [9.17, 15) is 0 Å². The molecule has 0 saturated heterocycles. The van der Waals surface area contributed by atoms with Crippen LogP contribution in [-0.2, 0) is 0 Å². The standard InChI is InChI=1S/C58H38N4O/c1-5-13-41(14-6-1)21-23-43-25-29-49(30-26-43)57-59-53(45-17-9-3-10-18-45)55(61-57)47-33-37-51(38-34-47)63-52-39-35-48(36-40-52)56-54(46-19-11-4-12-20-46)60-58(62-56)50-31-27-44(28-32-50)24-22-42-15-7-2-8-16-42/h1-20,25-40H,(H,59,61)(H,60,62). The molecule has 0 spiro atoms. The van der Waals surface area contributed by atoms with Crippen molar-refractivity contribution in [2.45, 2.75) is 0 Å². The summed E-state index contributed by atoms with van der Waals surface area (Å²) in [5, 5.41) is 0. The lowest BCUT2D eigenvalue weighted by atomic mass is 10.0. The van der Waals surface area contributed by atoms with E-state index in [0.717, 1.165) is 102 Å². The van der Waals surface area contributed by atoms with Crippen molar-refractivity contribution in [1.82, 2.24) is 19.9 Å². The first-order valence-electron chi connectivity index (χ1n) is 20.7. The van der Waals surface area contributed by atoms with E-state index in [1.54, 1.807) is 0 Å². The van der Waals surface area contributed by atoms with E-state index in [2.05, 4.69) is 106 Å². The summed E-state index contributed by atoms with van der Waals surface area (Å²) in [7, 11) is 0. The van der Waals surface area contributed by atoms with Gasteiger partial charge in [0.1, 0.15) is 23.1 Å². The van der Waals surface area contributed by atoms with Gasteiger partial charge < -0.3 is 14.7 Å². The molecule has 0 aliphatic rings. The second kappa shape index (κ2) is 17.8. The number of hydrogen-bond donors (Lipinski definition) is 2. The van der Waals surface area contributed by atoms with Crippen LogP contribution in [0.15, 0.2) is 218 Å². The van der Waals surface area contributed by atoms with Crippen LogP contribution in [0.25, 0.3) is 67.8 Å². The van der Waals surface area contributed by atoms with E-state index in [1.807, 2.05) is 146 Å². The quantitative estimate of drug-likeness (QED) is 0.150. The Morgan fingerprint density at radius 3 is 1.00 bits per heavy atom. The predicted molar refractivity (Wildman–Crippen MR) is 255 cm³/mol. The summed E-state index contributed by atoms with van der Waals surface area (Å²) in [4.78, 5) is 17.5. The van der Waals surface area contributed by atoms with Crippen LogP contribution >= 0.6 is 0 Å². The molecule has 0 amide bonds. The molecule has 10 aromatic rings. The highest BCUT2D eigenvalue weighted by atomic mass is 16.5. The molecule has 296 valence electrons. The van der Waals surface area contributed by atoms with E-state index in [1.165, 1.54) is 0 Å². The van der Waals surface area contributed by atoms with Gasteiger partial charge in [-0.1, -0.05) is 145 Å². The summed E-state index contributed by atoms with van der Waals surface area (Å²) in [5.74, 6) is 16.0. The van der Waals surface area contributed by atoms with Gasteiger partial charge in [-0.05, 0) is 97.1 Å². The lowest BCUT2D eigenvalue weighted by Gasteiger charge is -2.09. The molecule has 0 aliphatic carbocycles. The minimum atomic E-state index is 0.724. The fourth-order valence-corrected chi connectivity index (χ4v) is 7.32. The van der Waals surface area contributed by atoms with E-state index in [4.69, 9.17) is 14.7 Å². The zero-order chi connectivity index (χ0) is 42.2. The van der Waals surface area contributed by atoms with Crippen molar-refractivity contribution in [3.05, 3.63) is 241 Å². The molecule has 2 aromatic heterocycles. The SMILES string of the molecule is C(#Cc1ccc(-c2nc(-c3ccc(Oc4ccc(-c5[nH]c(-c6ccc(C#Cc7ccccc7)cc6)nc5-c5ccccc5)cc4)cc3)c(-c3ccccc3)[nH]2)cc1)c1ccccc1. The third-order valence-electron chi connectivity index (χ3n) is 10.6. The number of nitrogens with one attached hydrogen (secondary N) is 2. The molecule has 63 heavy (non-hydrogen) atoms. The van der Waals surface area contributed by atoms with Crippen LogP contribution in [0.5, 0.6) is 11.5 Å². The van der Waals surface area contributed by atoms with Gasteiger partial charge in [-0.3, -0.25) is 0 Å². The Bertz CT molecular complexity index is 3020. The second-order valence-electron chi connectivity index (χ2n) is 14.9. The molecular formula is C58H38N4O. The van der Waals surface area contributed by atoms with Crippen LogP contribution < -0.4 is 4.74 Å². The number of H-pyrrole nitrogens is 2. The minimum absolute atomic E-state index is 0.724. The molecule has 0 unspecified atom stereocenters. The predicted octanol–water partition coefficient (Wildman–Crippen LogP) is 13.7. The first-order valence-corrected chi connectivity index (χ1v) is 20.7. The zero-order valence-corrected chi connectivity index (χ0v) is 34.1. The van der Waals surface area contributed by atoms with Crippen LogP contribution in [0.1, 0.15) is 22.3 Å². The minimum Gasteiger partial charge on any atom is -0.457 e. The van der Waals surface area contributed by atoms with Crippen molar-refractivity contribution in [3.8, 4) is 103 Å². The number of ether oxygens (including phenoxy) is 1. The maximum atomic E-state index is 6.38. The highest BCUT2D eigenvalue weighted by molar-refractivity contribution is 5.83. The third kappa shape index (κ3) is 8.86. The number of imidazole rings is 2. The number of aromatic nitrogens is 4. The van der Waals surface area contributed by atoms with Gasteiger partial charge in [0.2, 0.25) is 0 Å². The fourth-order valence-electron chi connectivity index (χ4n) is 7.32. The number of benzene rings is 8. The van der Waals surface area contributed by atoms with Crippen molar-refractivity contribution in [2.75, 3.05) is 0 Å².